The first-order valence-corrected chi connectivity index (χ1v) is 10.3. The third-order valence-electron chi connectivity index (χ3n) is 5.48. The maximum absolute atomic E-state index is 12.8. The average Bonchev–Trinajstić information content (AvgIpc) is 2.75. The number of fused-ring (bicyclic) bond motifs is 1. The van der Waals surface area contributed by atoms with Gasteiger partial charge in [-0.25, -0.2) is 0 Å². The summed E-state index contributed by atoms with van der Waals surface area (Å²) < 4.78 is 11.2. The predicted molar refractivity (Wildman–Crippen MR) is 115 cm³/mol. The van der Waals surface area contributed by atoms with Gasteiger partial charge in [0.2, 0.25) is 0 Å². The molecule has 0 bridgehead atoms. The minimum absolute atomic E-state index is 0.0715. The van der Waals surface area contributed by atoms with Crippen molar-refractivity contribution in [2.45, 2.75) is 20.0 Å². The number of hydrogen-bond acceptors (Lipinski definition) is 5. The van der Waals surface area contributed by atoms with Crippen LogP contribution in [-0.4, -0.2) is 62.2 Å². The fourth-order valence-corrected chi connectivity index (χ4v) is 3.69. The Morgan fingerprint density at radius 2 is 1.83 bits per heavy atom. The summed E-state index contributed by atoms with van der Waals surface area (Å²) in [6.45, 7) is 8.25. The normalized spacial score (nSPS) is 19.2. The van der Waals surface area contributed by atoms with Crippen LogP contribution in [0.25, 0.3) is 0 Å². The molecule has 7 nitrogen and oxygen atoms in total. The Morgan fingerprint density at radius 1 is 1.10 bits per heavy atom. The minimum atomic E-state index is -0.532. The van der Waals surface area contributed by atoms with Gasteiger partial charge >= 0.3 is 0 Å². The molecule has 2 amide bonds. The lowest BCUT2D eigenvalue weighted by molar-refractivity contribution is -0.125. The van der Waals surface area contributed by atoms with Gasteiger partial charge in [0.1, 0.15) is 5.75 Å². The molecule has 7 heteroatoms. The molecule has 30 heavy (non-hydrogen) atoms. The van der Waals surface area contributed by atoms with E-state index < -0.39 is 6.10 Å². The summed E-state index contributed by atoms with van der Waals surface area (Å²) in [6, 6.07) is 12.8. The third-order valence-corrected chi connectivity index (χ3v) is 5.48. The van der Waals surface area contributed by atoms with Crippen molar-refractivity contribution in [2.75, 3.05) is 49.6 Å². The van der Waals surface area contributed by atoms with E-state index in [0.29, 0.717) is 29.2 Å². The molecule has 0 radical (unpaired) electrons. The Hall–Kier alpha value is -2.90. The molecule has 2 aromatic rings. The predicted octanol–water partition coefficient (Wildman–Crippen LogP) is 2.69. The Bertz CT molecular complexity index is 923. The van der Waals surface area contributed by atoms with Crippen molar-refractivity contribution < 1.29 is 19.1 Å². The van der Waals surface area contributed by atoms with E-state index in [2.05, 4.69) is 10.2 Å². The fourth-order valence-electron chi connectivity index (χ4n) is 3.69. The van der Waals surface area contributed by atoms with Crippen molar-refractivity contribution in [3.8, 4) is 5.75 Å². The minimum Gasteiger partial charge on any atom is -0.479 e. The molecule has 1 unspecified atom stereocenters. The molecule has 4 rings (SSSR count). The van der Waals surface area contributed by atoms with Gasteiger partial charge in [-0.15, -0.1) is 0 Å². The standard InChI is InChI=1S/C23H27N3O4/c1-16-3-5-18(6-4-16)22(27)24-19-7-8-21-20(15-19)26(23(28)17(2)30-21)10-9-25-11-13-29-14-12-25/h3-8,15,17H,9-14H2,1-2H3,(H,24,27). The summed E-state index contributed by atoms with van der Waals surface area (Å²) in [6.07, 6.45) is -0.532. The number of aryl methyl sites for hydroxylation is 1. The van der Waals surface area contributed by atoms with Crippen LogP contribution in [0, 0.1) is 6.92 Å². The van der Waals surface area contributed by atoms with Gasteiger partial charge in [0.15, 0.2) is 6.10 Å². The van der Waals surface area contributed by atoms with Gasteiger partial charge in [0.05, 0.1) is 18.9 Å². The lowest BCUT2D eigenvalue weighted by atomic mass is 10.1. The highest BCUT2D eigenvalue weighted by molar-refractivity contribution is 6.05. The summed E-state index contributed by atoms with van der Waals surface area (Å²) in [5, 5.41) is 2.92. The lowest BCUT2D eigenvalue weighted by Gasteiger charge is -2.35. The fraction of sp³-hybridized carbons (Fsp3) is 0.391. The van der Waals surface area contributed by atoms with Crippen LogP contribution in [0.3, 0.4) is 0 Å². The number of morpholine rings is 1. The summed E-state index contributed by atoms with van der Waals surface area (Å²) in [7, 11) is 0. The van der Waals surface area contributed by atoms with Crippen LogP contribution in [0.1, 0.15) is 22.8 Å². The van der Waals surface area contributed by atoms with Gasteiger partial charge in [-0.2, -0.15) is 0 Å². The maximum Gasteiger partial charge on any atom is 0.267 e. The number of ether oxygens (including phenoxy) is 2. The molecular weight excluding hydrogens is 382 g/mol. The zero-order valence-corrected chi connectivity index (χ0v) is 17.4. The number of hydrogen-bond donors (Lipinski definition) is 1. The van der Waals surface area contributed by atoms with Crippen LogP contribution in [-0.2, 0) is 9.53 Å². The van der Waals surface area contributed by atoms with Crippen LogP contribution < -0.4 is 15.0 Å². The van der Waals surface area contributed by atoms with E-state index in [9.17, 15) is 9.59 Å². The van der Waals surface area contributed by atoms with E-state index in [4.69, 9.17) is 9.47 Å². The Kier molecular flexibility index (Phi) is 6.01. The second kappa shape index (κ2) is 8.85. The molecule has 0 saturated carbocycles. The number of nitrogens with one attached hydrogen (secondary N) is 1. The molecular formula is C23H27N3O4. The molecule has 1 fully saturated rings. The SMILES string of the molecule is Cc1ccc(C(=O)Nc2ccc3c(c2)N(CCN2CCOCC2)C(=O)C(C)O3)cc1. The smallest absolute Gasteiger partial charge is 0.267 e. The topological polar surface area (TPSA) is 71.1 Å². The van der Waals surface area contributed by atoms with E-state index in [0.717, 1.165) is 38.4 Å². The number of nitrogens with zero attached hydrogens (tertiary/aromatic N) is 2. The van der Waals surface area contributed by atoms with Crippen molar-refractivity contribution in [3.05, 3.63) is 53.6 Å². The van der Waals surface area contributed by atoms with E-state index >= 15 is 0 Å². The van der Waals surface area contributed by atoms with Crippen LogP contribution >= 0.6 is 0 Å². The third kappa shape index (κ3) is 4.47. The molecule has 2 aliphatic heterocycles. The number of benzene rings is 2. The second-order valence-electron chi connectivity index (χ2n) is 7.71. The average molecular weight is 409 g/mol. The monoisotopic (exact) mass is 409 g/mol. The van der Waals surface area contributed by atoms with Gasteiger partial charge in [-0.05, 0) is 44.2 Å². The molecule has 1 atom stereocenters. The van der Waals surface area contributed by atoms with Gasteiger partial charge in [0, 0.05) is 37.4 Å². The van der Waals surface area contributed by atoms with Gasteiger partial charge in [-0.3, -0.25) is 14.5 Å². The first-order chi connectivity index (χ1) is 14.5. The molecule has 1 saturated heterocycles. The lowest BCUT2D eigenvalue weighted by Crippen LogP contribution is -2.48. The van der Waals surface area contributed by atoms with Gasteiger partial charge in [0.25, 0.3) is 11.8 Å². The summed E-state index contributed by atoms with van der Waals surface area (Å²) in [5.41, 5.74) is 3.00. The van der Waals surface area contributed by atoms with Crippen molar-refractivity contribution in [2.24, 2.45) is 0 Å². The van der Waals surface area contributed by atoms with Crippen LogP contribution in [0.2, 0.25) is 0 Å². The first-order valence-electron chi connectivity index (χ1n) is 10.3. The molecule has 2 aliphatic rings. The highest BCUT2D eigenvalue weighted by Gasteiger charge is 2.32. The quantitative estimate of drug-likeness (QED) is 0.822. The zero-order valence-electron chi connectivity index (χ0n) is 17.4. The molecule has 0 aliphatic carbocycles. The number of amides is 2. The van der Waals surface area contributed by atoms with Crippen LogP contribution in [0.4, 0.5) is 11.4 Å². The van der Waals surface area contributed by atoms with Crippen molar-refractivity contribution in [1.29, 1.82) is 0 Å². The number of carbonyl (C=O) groups excluding carboxylic acids is 2. The first kappa shape index (κ1) is 20.4. The van der Waals surface area contributed by atoms with Crippen molar-refractivity contribution in [3.63, 3.8) is 0 Å². The molecule has 158 valence electrons. The van der Waals surface area contributed by atoms with E-state index in [1.165, 1.54) is 0 Å². The van der Waals surface area contributed by atoms with Crippen LogP contribution in [0.5, 0.6) is 5.75 Å². The maximum atomic E-state index is 12.8. The van der Waals surface area contributed by atoms with E-state index in [-0.39, 0.29) is 11.8 Å². The summed E-state index contributed by atoms with van der Waals surface area (Å²) in [5.74, 6) is 0.390. The van der Waals surface area contributed by atoms with Crippen LogP contribution in [0.15, 0.2) is 42.5 Å². The summed E-state index contributed by atoms with van der Waals surface area (Å²) >= 11 is 0. The second-order valence-corrected chi connectivity index (χ2v) is 7.71. The number of rotatable bonds is 5. The number of anilines is 2. The van der Waals surface area contributed by atoms with Crippen molar-refractivity contribution in [1.82, 2.24) is 4.90 Å². The van der Waals surface area contributed by atoms with E-state index in [1.54, 1.807) is 30.0 Å². The Labute approximate surface area is 176 Å². The summed E-state index contributed by atoms with van der Waals surface area (Å²) in [4.78, 5) is 29.5. The Morgan fingerprint density at radius 3 is 2.57 bits per heavy atom. The van der Waals surface area contributed by atoms with Crippen molar-refractivity contribution >= 4 is 23.2 Å². The highest BCUT2D eigenvalue weighted by Crippen LogP contribution is 2.36. The van der Waals surface area contributed by atoms with Gasteiger partial charge in [-0.1, -0.05) is 17.7 Å². The largest absolute Gasteiger partial charge is 0.479 e. The molecule has 1 N–H and O–H groups in total. The number of carbonyl (C=O) groups is 2. The van der Waals surface area contributed by atoms with Gasteiger partial charge < -0.3 is 19.7 Å². The molecule has 2 heterocycles. The molecule has 0 spiro atoms. The Balaban J connectivity index is 1.52. The van der Waals surface area contributed by atoms with E-state index in [1.807, 2.05) is 31.2 Å². The highest BCUT2D eigenvalue weighted by atomic mass is 16.5. The molecule has 2 aromatic carbocycles. The molecule has 0 aromatic heterocycles. The zero-order chi connectivity index (χ0) is 21.1.